The van der Waals surface area contributed by atoms with Crippen LogP contribution in [0.4, 0.5) is 0 Å². The first-order valence-electron chi connectivity index (χ1n) is 13.3. The molecule has 1 fully saturated rings. The molecule has 0 bridgehead atoms. The second kappa shape index (κ2) is 16.2. The number of likely N-dealkylation sites (N-methyl/N-ethyl adjacent to an activating group) is 1. The highest BCUT2D eigenvalue weighted by Gasteiger charge is 2.20. The Hall–Kier alpha value is -2.86. The third-order valence-electron chi connectivity index (χ3n) is 6.71. The molecule has 0 aromatic heterocycles. The van der Waals surface area contributed by atoms with E-state index in [1.807, 2.05) is 35.8 Å². The summed E-state index contributed by atoms with van der Waals surface area (Å²) in [7, 11) is 0. The molecular weight excluding hydrogens is 490 g/mol. The number of rotatable bonds is 11. The number of amides is 1. The second-order valence-corrected chi connectivity index (χ2v) is 10.0. The van der Waals surface area contributed by atoms with Gasteiger partial charge in [-0.25, -0.2) is 0 Å². The Labute approximate surface area is 225 Å². The van der Waals surface area contributed by atoms with Crippen LogP contribution in [0.3, 0.4) is 0 Å². The smallest absolute Gasteiger partial charge is 0.317 e. The second-order valence-electron chi connectivity index (χ2n) is 10.0. The fourth-order valence-electron chi connectivity index (χ4n) is 4.33. The van der Waals surface area contributed by atoms with E-state index in [4.69, 9.17) is 0 Å². The zero-order valence-corrected chi connectivity index (χ0v) is 22.9. The van der Waals surface area contributed by atoms with Crippen molar-refractivity contribution in [3.05, 3.63) is 35.4 Å². The fraction of sp³-hybridized carbons (Fsp3) is 0.630. The van der Waals surface area contributed by atoms with E-state index in [1.165, 1.54) is 0 Å². The Morgan fingerprint density at radius 3 is 1.55 bits per heavy atom. The molecule has 0 spiro atoms. The van der Waals surface area contributed by atoms with Gasteiger partial charge in [-0.15, -0.1) is 0 Å². The van der Waals surface area contributed by atoms with Gasteiger partial charge in [0.2, 0.25) is 5.91 Å². The molecule has 1 amide bonds. The summed E-state index contributed by atoms with van der Waals surface area (Å²) in [6.45, 7) is 11.4. The maximum Gasteiger partial charge on any atom is 0.317 e. The molecule has 1 heterocycles. The number of nitrogens with one attached hydrogen (secondary N) is 1. The van der Waals surface area contributed by atoms with Crippen molar-refractivity contribution in [1.29, 1.82) is 0 Å². The van der Waals surface area contributed by atoms with E-state index in [0.29, 0.717) is 57.9 Å². The van der Waals surface area contributed by atoms with Crippen LogP contribution in [0.25, 0.3) is 0 Å². The maximum absolute atomic E-state index is 12.8. The number of carboxylic acids is 2. The number of hydrogen-bond donors (Lipinski definition) is 3. The third-order valence-corrected chi connectivity index (χ3v) is 6.71. The van der Waals surface area contributed by atoms with Gasteiger partial charge >= 0.3 is 11.9 Å². The molecule has 2 rings (SSSR count). The van der Waals surface area contributed by atoms with E-state index in [1.54, 1.807) is 17.0 Å². The SMILES string of the molecule is CCN1CCN(CC(=O)O)CCN(CC(=O)O)CCN(CC(=O)NCc2ccc(C(=O)C(C)C)cc2)CC1. The van der Waals surface area contributed by atoms with Gasteiger partial charge in [-0.3, -0.25) is 33.9 Å². The fourth-order valence-corrected chi connectivity index (χ4v) is 4.33. The van der Waals surface area contributed by atoms with E-state index in [9.17, 15) is 29.4 Å². The summed E-state index contributed by atoms with van der Waals surface area (Å²) in [5.41, 5.74) is 1.56. The molecule has 0 saturated carbocycles. The number of hydrogen-bond acceptors (Lipinski definition) is 8. The number of ketones is 1. The maximum atomic E-state index is 12.8. The number of carbonyl (C=O) groups is 4. The number of carbonyl (C=O) groups excluding carboxylic acids is 2. The molecule has 0 atom stereocenters. The lowest BCUT2D eigenvalue weighted by atomic mass is 10.00. The van der Waals surface area contributed by atoms with Crippen molar-refractivity contribution < 1.29 is 29.4 Å². The highest BCUT2D eigenvalue weighted by molar-refractivity contribution is 5.97. The molecule has 1 aromatic carbocycles. The van der Waals surface area contributed by atoms with Crippen molar-refractivity contribution in [2.75, 3.05) is 78.5 Å². The molecule has 0 radical (unpaired) electrons. The molecule has 11 heteroatoms. The first-order valence-corrected chi connectivity index (χ1v) is 13.3. The van der Waals surface area contributed by atoms with E-state index in [-0.39, 0.29) is 37.2 Å². The van der Waals surface area contributed by atoms with Crippen molar-refractivity contribution in [2.24, 2.45) is 5.92 Å². The van der Waals surface area contributed by atoms with Gasteiger partial charge in [0.15, 0.2) is 5.78 Å². The van der Waals surface area contributed by atoms with Crippen molar-refractivity contribution in [3.8, 4) is 0 Å². The molecular formula is C27H43N5O6. The summed E-state index contributed by atoms with van der Waals surface area (Å²) >= 11 is 0. The van der Waals surface area contributed by atoms with Gasteiger partial charge < -0.3 is 20.4 Å². The highest BCUT2D eigenvalue weighted by Crippen LogP contribution is 2.10. The lowest BCUT2D eigenvalue weighted by Crippen LogP contribution is -2.49. The standard InChI is InChI=1S/C27H43N5O6/c1-4-29-9-11-30(13-14-32(20-26(36)37)16-15-31(12-10-29)19-25(34)35)18-24(33)28-17-22-5-7-23(8-6-22)27(38)21(2)3/h5-8,21H,4,9-20H2,1-3H3,(H,28,33)(H,34,35)(H,36,37). The summed E-state index contributed by atoms with van der Waals surface area (Å²) in [4.78, 5) is 55.5. The average Bonchev–Trinajstić information content (AvgIpc) is 2.86. The molecule has 212 valence electrons. The summed E-state index contributed by atoms with van der Waals surface area (Å²) in [5, 5.41) is 21.5. The largest absolute Gasteiger partial charge is 0.480 e. The first kappa shape index (κ1) is 31.4. The molecule has 1 aromatic rings. The van der Waals surface area contributed by atoms with Crippen molar-refractivity contribution in [3.63, 3.8) is 0 Å². The van der Waals surface area contributed by atoms with E-state index in [2.05, 4.69) is 17.1 Å². The van der Waals surface area contributed by atoms with Crippen LogP contribution in [0, 0.1) is 5.92 Å². The minimum atomic E-state index is -0.940. The Balaban J connectivity index is 1.99. The topological polar surface area (TPSA) is 134 Å². The van der Waals surface area contributed by atoms with Crippen molar-refractivity contribution in [1.82, 2.24) is 24.9 Å². The quantitative estimate of drug-likeness (QED) is 0.346. The van der Waals surface area contributed by atoms with Crippen LogP contribution in [0.1, 0.15) is 36.7 Å². The molecule has 38 heavy (non-hydrogen) atoms. The summed E-state index contributed by atoms with van der Waals surface area (Å²) in [6, 6.07) is 7.27. The molecule has 3 N–H and O–H groups in total. The minimum Gasteiger partial charge on any atom is -0.480 e. The molecule has 1 saturated heterocycles. The van der Waals surface area contributed by atoms with Crippen LogP contribution in [0.2, 0.25) is 0 Å². The monoisotopic (exact) mass is 533 g/mol. The predicted molar refractivity (Wildman–Crippen MR) is 144 cm³/mol. The van der Waals surface area contributed by atoms with Crippen LogP contribution in [-0.4, -0.2) is 132 Å². The Kier molecular flexibility index (Phi) is 13.4. The number of carboxylic acid groups (broad SMARTS) is 2. The van der Waals surface area contributed by atoms with Gasteiger partial charge in [0, 0.05) is 70.4 Å². The van der Waals surface area contributed by atoms with E-state index in [0.717, 1.165) is 18.7 Å². The summed E-state index contributed by atoms with van der Waals surface area (Å²) in [5.74, 6) is -1.95. The van der Waals surface area contributed by atoms with Crippen LogP contribution in [0.15, 0.2) is 24.3 Å². The summed E-state index contributed by atoms with van der Waals surface area (Å²) in [6.07, 6.45) is 0. The van der Waals surface area contributed by atoms with Gasteiger partial charge in [0.25, 0.3) is 0 Å². The number of aliphatic carboxylic acids is 2. The van der Waals surface area contributed by atoms with Crippen molar-refractivity contribution >= 4 is 23.6 Å². The first-order chi connectivity index (χ1) is 18.1. The zero-order valence-electron chi connectivity index (χ0n) is 22.9. The van der Waals surface area contributed by atoms with E-state index < -0.39 is 11.9 Å². The Morgan fingerprint density at radius 1 is 0.737 bits per heavy atom. The van der Waals surface area contributed by atoms with Crippen molar-refractivity contribution in [2.45, 2.75) is 27.3 Å². The van der Waals surface area contributed by atoms with Gasteiger partial charge in [0.05, 0.1) is 19.6 Å². The normalized spacial score (nSPS) is 17.5. The average molecular weight is 534 g/mol. The number of nitrogens with zero attached hydrogens (tertiary/aromatic N) is 4. The molecule has 1 aliphatic heterocycles. The zero-order chi connectivity index (χ0) is 28.1. The van der Waals surface area contributed by atoms with Crippen LogP contribution in [-0.2, 0) is 20.9 Å². The van der Waals surface area contributed by atoms with Crippen LogP contribution >= 0.6 is 0 Å². The number of benzene rings is 1. The van der Waals surface area contributed by atoms with Crippen LogP contribution in [0.5, 0.6) is 0 Å². The van der Waals surface area contributed by atoms with Crippen LogP contribution < -0.4 is 5.32 Å². The van der Waals surface area contributed by atoms with E-state index >= 15 is 0 Å². The molecule has 11 nitrogen and oxygen atoms in total. The Morgan fingerprint density at radius 2 is 1.16 bits per heavy atom. The molecule has 0 unspecified atom stereocenters. The minimum absolute atomic E-state index is 0.0701. The predicted octanol–water partition coefficient (Wildman–Crippen LogP) is 0.552. The van der Waals surface area contributed by atoms with Gasteiger partial charge in [0.1, 0.15) is 0 Å². The highest BCUT2D eigenvalue weighted by atomic mass is 16.4. The molecule has 0 aliphatic carbocycles. The lowest BCUT2D eigenvalue weighted by Gasteiger charge is -2.33. The van der Waals surface area contributed by atoms with Gasteiger partial charge in [-0.05, 0) is 12.1 Å². The Bertz CT molecular complexity index is 923. The lowest BCUT2D eigenvalue weighted by molar-refractivity contribution is -0.140. The number of Topliss-reactive ketones (excluding diaryl/α,β-unsaturated/α-hetero) is 1. The summed E-state index contributed by atoms with van der Waals surface area (Å²) < 4.78 is 0. The van der Waals surface area contributed by atoms with Gasteiger partial charge in [-0.1, -0.05) is 45.0 Å². The molecule has 1 aliphatic rings. The van der Waals surface area contributed by atoms with Gasteiger partial charge in [-0.2, -0.15) is 0 Å². The third kappa shape index (κ3) is 11.7.